The van der Waals surface area contributed by atoms with Gasteiger partial charge in [0, 0.05) is 12.2 Å². The summed E-state index contributed by atoms with van der Waals surface area (Å²) >= 11 is 0. The first kappa shape index (κ1) is 13.0. The Labute approximate surface area is 107 Å². The molecule has 3 nitrogen and oxygen atoms in total. The Bertz CT molecular complexity index is 439. The Hall–Kier alpha value is -1.42. The van der Waals surface area contributed by atoms with Crippen molar-refractivity contribution in [2.24, 2.45) is 11.3 Å². The number of carbonyl (C=O) groups is 1. The van der Waals surface area contributed by atoms with Gasteiger partial charge in [0.15, 0.2) is 0 Å². The zero-order valence-electron chi connectivity index (χ0n) is 10.8. The number of rotatable bonds is 3. The van der Waals surface area contributed by atoms with Gasteiger partial charge in [0.25, 0.3) is 0 Å². The molecule has 18 heavy (non-hydrogen) atoms. The molecule has 1 saturated heterocycles. The molecule has 0 spiro atoms. The van der Waals surface area contributed by atoms with E-state index in [1.165, 1.54) is 12.1 Å². The van der Waals surface area contributed by atoms with E-state index < -0.39 is 0 Å². The normalized spacial score (nSPS) is 23.3. The summed E-state index contributed by atoms with van der Waals surface area (Å²) in [5, 5.41) is 6.07. The van der Waals surface area contributed by atoms with E-state index in [0.717, 1.165) is 13.0 Å². The fourth-order valence-corrected chi connectivity index (χ4v) is 2.48. The third kappa shape index (κ3) is 2.38. The summed E-state index contributed by atoms with van der Waals surface area (Å²) in [5.74, 6) is -0.106. The molecule has 98 valence electrons. The standard InChI is InChI=1S/C14H19FN2O/c1-10(2)14(6-7-16-9-14)13(18)17-12-5-3-4-11(15)8-12/h3-5,8,10,16H,6-7,9H2,1-2H3,(H,17,18). The van der Waals surface area contributed by atoms with Crippen LogP contribution in [0.3, 0.4) is 0 Å². The van der Waals surface area contributed by atoms with Crippen molar-refractivity contribution < 1.29 is 9.18 Å². The van der Waals surface area contributed by atoms with E-state index in [1.807, 2.05) is 0 Å². The Balaban J connectivity index is 2.16. The van der Waals surface area contributed by atoms with Crippen molar-refractivity contribution in [3.8, 4) is 0 Å². The monoisotopic (exact) mass is 250 g/mol. The van der Waals surface area contributed by atoms with E-state index in [-0.39, 0.29) is 23.1 Å². The summed E-state index contributed by atoms with van der Waals surface area (Å²) in [7, 11) is 0. The van der Waals surface area contributed by atoms with Gasteiger partial charge in [0.1, 0.15) is 5.82 Å². The first-order valence-electron chi connectivity index (χ1n) is 6.32. The molecule has 1 aliphatic heterocycles. The van der Waals surface area contributed by atoms with Gasteiger partial charge in [-0.3, -0.25) is 4.79 Å². The molecule has 4 heteroatoms. The number of carbonyl (C=O) groups excluding carboxylic acids is 1. The average Bonchev–Trinajstić information content (AvgIpc) is 2.79. The molecule has 1 amide bonds. The van der Waals surface area contributed by atoms with Crippen LogP contribution in [-0.2, 0) is 4.79 Å². The topological polar surface area (TPSA) is 41.1 Å². The highest BCUT2D eigenvalue weighted by Crippen LogP contribution is 2.35. The van der Waals surface area contributed by atoms with Crippen LogP contribution in [0.4, 0.5) is 10.1 Å². The van der Waals surface area contributed by atoms with Gasteiger partial charge in [-0.2, -0.15) is 0 Å². The van der Waals surface area contributed by atoms with Gasteiger partial charge < -0.3 is 10.6 Å². The molecule has 0 aliphatic carbocycles. The molecule has 1 unspecified atom stereocenters. The highest BCUT2D eigenvalue weighted by atomic mass is 19.1. The second kappa shape index (κ2) is 5.06. The number of amides is 1. The number of anilines is 1. The molecule has 0 bridgehead atoms. The fraction of sp³-hybridized carbons (Fsp3) is 0.500. The molecule has 1 heterocycles. The largest absolute Gasteiger partial charge is 0.325 e. The first-order valence-corrected chi connectivity index (χ1v) is 6.32. The lowest BCUT2D eigenvalue weighted by molar-refractivity contribution is -0.126. The van der Waals surface area contributed by atoms with Crippen molar-refractivity contribution in [3.05, 3.63) is 30.1 Å². The Morgan fingerprint density at radius 2 is 2.28 bits per heavy atom. The van der Waals surface area contributed by atoms with Gasteiger partial charge in [-0.1, -0.05) is 19.9 Å². The number of hydrogen-bond donors (Lipinski definition) is 2. The summed E-state index contributed by atoms with van der Waals surface area (Å²) in [6.07, 6.45) is 0.825. The molecule has 2 rings (SSSR count). The van der Waals surface area contributed by atoms with E-state index in [0.29, 0.717) is 12.2 Å². The van der Waals surface area contributed by atoms with Crippen LogP contribution < -0.4 is 10.6 Å². The minimum Gasteiger partial charge on any atom is -0.325 e. The molecule has 1 atom stereocenters. The van der Waals surface area contributed by atoms with Crippen molar-refractivity contribution in [1.82, 2.24) is 5.32 Å². The van der Waals surface area contributed by atoms with E-state index in [4.69, 9.17) is 0 Å². The average molecular weight is 250 g/mol. The predicted octanol–water partition coefficient (Wildman–Crippen LogP) is 2.40. The van der Waals surface area contributed by atoms with E-state index in [1.54, 1.807) is 12.1 Å². The molecule has 1 aromatic rings. The molecule has 1 aliphatic rings. The van der Waals surface area contributed by atoms with E-state index in [9.17, 15) is 9.18 Å². The summed E-state index contributed by atoms with van der Waals surface area (Å²) in [4.78, 5) is 12.4. The van der Waals surface area contributed by atoms with Gasteiger partial charge in [0.05, 0.1) is 5.41 Å². The molecule has 0 saturated carbocycles. The molecular weight excluding hydrogens is 231 g/mol. The van der Waals surface area contributed by atoms with E-state index >= 15 is 0 Å². The minimum absolute atomic E-state index is 0.0203. The van der Waals surface area contributed by atoms with Crippen LogP contribution in [0.2, 0.25) is 0 Å². The quantitative estimate of drug-likeness (QED) is 0.865. The minimum atomic E-state index is -0.383. The lowest BCUT2D eigenvalue weighted by Crippen LogP contribution is -2.42. The maximum absolute atomic E-state index is 13.1. The van der Waals surface area contributed by atoms with Crippen molar-refractivity contribution >= 4 is 11.6 Å². The highest BCUT2D eigenvalue weighted by molar-refractivity contribution is 5.96. The third-order valence-corrected chi connectivity index (χ3v) is 3.83. The lowest BCUT2D eigenvalue weighted by Gasteiger charge is -2.31. The van der Waals surface area contributed by atoms with Crippen LogP contribution in [0.1, 0.15) is 20.3 Å². The Morgan fingerprint density at radius 3 is 2.83 bits per heavy atom. The summed E-state index contributed by atoms with van der Waals surface area (Å²) in [6, 6.07) is 6.01. The van der Waals surface area contributed by atoms with Crippen molar-refractivity contribution in [1.29, 1.82) is 0 Å². The van der Waals surface area contributed by atoms with Gasteiger partial charge in [-0.05, 0) is 37.1 Å². The molecule has 1 aromatic carbocycles. The zero-order valence-corrected chi connectivity index (χ0v) is 10.8. The SMILES string of the molecule is CC(C)C1(C(=O)Nc2cccc(F)c2)CCNC1. The zero-order chi connectivity index (χ0) is 13.2. The predicted molar refractivity (Wildman–Crippen MR) is 69.8 cm³/mol. The van der Waals surface area contributed by atoms with Crippen molar-refractivity contribution in [2.75, 3.05) is 18.4 Å². The first-order chi connectivity index (χ1) is 8.54. The van der Waals surface area contributed by atoms with Crippen LogP contribution in [-0.4, -0.2) is 19.0 Å². The van der Waals surface area contributed by atoms with Crippen LogP contribution in [0, 0.1) is 17.2 Å². The van der Waals surface area contributed by atoms with Gasteiger partial charge in [-0.25, -0.2) is 4.39 Å². The second-order valence-corrected chi connectivity index (χ2v) is 5.20. The van der Waals surface area contributed by atoms with Crippen molar-refractivity contribution in [2.45, 2.75) is 20.3 Å². The molecule has 1 fully saturated rings. The number of benzene rings is 1. The number of hydrogen-bond acceptors (Lipinski definition) is 2. The molecule has 0 radical (unpaired) electrons. The molecule has 0 aromatic heterocycles. The van der Waals surface area contributed by atoms with Gasteiger partial charge in [-0.15, -0.1) is 0 Å². The van der Waals surface area contributed by atoms with Crippen LogP contribution in [0.25, 0.3) is 0 Å². The Morgan fingerprint density at radius 1 is 1.50 bits per heavy atom. The summed E-state index contributed by atoms with van der Waals surface area (Å²) in [5.41, 5.74) is 0.138. The van der Waals surface area contributed by atoms with E-state index in [2.05, 4.69) is 24.5 Å². The number of halogens is 1. The number of nitrogens with one attached hydrogen (secondary N) is 2. The van der Waals surface area contributed by atoms with Crippen molar-refractivity contribution in [3.63, 3.8) is 0 Å². The maximum Gasteiger partial charge on any atom is 0.232 e. The molecule has 2 N–H and O–H groups in total. The van der Waals surface area contributed by atoms with Gasteiger partial charge >= 0.3 is 0 Å². The highest BCUT2D eigenvalue weighted by Gasteiger charge is 2.43. The smallest absolute Gasteiger partial charge is 0.232 e. The lowest BCUT2D eigenvalue weighted by atomic mass is 9.75. The van der Waals surface area contributed by atoms with Gasteiger partial charge in [0.2, 0.25) is 5.91 Å². The second-order valence-electron chi connectivity index (χ2n) is 5.20. The summed E-state index contributed by atoms with van der Waals surface area (Å²) in [6.45, 7) is 5.65. The molecular formula is C14H19FN2O. The third-order valence-electron chi connectivity index (χ3n) is 3.83. The van der Waals surface area contributed by atoms with Crippen LogP contribution in [0.5, 0.6) is 0 Å². The van der Waals surface area contributed by atoms with Crippen LogP contribution >= 0.6 is 0 Å². The Kier molecular flexibility index (Phi) is 3.66. The maximum atomic E-state index is 13.1. The fourth-order valence-electron chi connectivity index (χ4n) is 2.48. The summed E-state index contributed by atoms with van der Waals surface area (Å²) < 4.78 is 13.1. The van der Waals surface area contributed by atoms with Crippen LogP contribution in [0.15, 0.2) is 24.3 Å².